The molecular formula is C26H19Cl2NO2. The van der Waals surface area contributed by atoms with Crippen molar-refractivity contribution in [1.29, 1.82) is 0 Å². The second-order valence-electron chi connectivity index (χ2n) is 9.06. The first-order valence-electron chi connectivity index (χ1n) is 10.3. The molecule has 3 aliphatic carbocycles. The average molecular weight is 448 g/mol. The maximum atomic E-state index is 13.9. The van der Waals surface area contributed by atoms with E-state index in [1.807, 2.05) is 24.3 Å². The van der Waals surface area contributed by atoms with Crippen LogP contribution in [0.3, 0.4) is 0 Å². The summed E-state index contributed by atoms with van der Waals surface area (Å²) in [6.45, 7) is 4.23. The Morgan fingerprint density at radius 3 is 1.48 bits per heavy atom. The molecule has 0 unspecified atom stereocenters. The molecule has 3 aromatic rings. The van der Waals surface area contributed by atoms with E-state index in [-0.39, 0.29) is 11.8 Å². The number of carbonyl (C=O) groups is 2. The van der Waals surface area contributed by atoms with Gasteiger partial charge in [-0.05, 0) is 40.5 Å². The van der Waals surface area contributed by atoms with Gasteiger partial charge in [0.1, 0.15) is 0 Å². The molecule has 7 rings (SSSR count). The van der Waals surface area contributed by atoms with Crippen molar-refractivity contribution in [1.82, 2.24) is 0 Å². The van der Waals surface area contributed by atoms with E-state index in [1.165, 1.54) is 4.90 Å². The summed E-state index contributed by atoms with van der Waals surface area (Å²) in [5.41, 5.74) is 3.83. The molecule has 1 aliphatic heterocycles. The van der Waals surface area contributed by atoms with E-state index in [0.717, 1.165) is 22.3 Å². The lowest BCUT2D eigenvalue weighted by Crippen LogP contribution is -2.59. The Kier molecular flexibility index (Phi) is 3.69. The van der Waals surface area contributed by atoms with Gasteiger partial charge in [-0.1, -0.05) is 85.6 Å². The molecule has 0 N–H and O–H groups in total. The van der Waals surface area contributed by atoms with Crippen molar-refractivity contribution < 1.29 is 9.59 Å². The number of amides is 2. The molecule has 31 heavy (non-hydrogen) atoms. The third kappa shape index (κ3) is 2.07. The zero-order chi connectivity index (χ0) is 21.7. The fraction of sp³-hybridized carbons (Fsp3) is 0.231. The summed E-state index contributed by atoms with van der Waals surface area (Å²) in [4.78, 5) is 29.2. The number of anilines is 1. The molecular weight excluding hydrogens is 429 g/mol. The van der Waals surface area contributed by atoms with Crippen LogP contribution in [-0.2, 0) is 20.4 Å². The number of benzene rings is 3. The minimum atomic E-state index is -0.590. The van der Waals surface area contributed by atoms with Crippen LogP contribution in [0.1, 0.15) is 36.1 Å². The lowest BCUT2D eigenvalue weighted by atomic mass is 9.42. The minimum Gasteiger partial charge on any atom is -0.274 e. The lowest BCUT2D eigenvalue weighted by molar-refractivity contribution is -0.124. The Morgan fingerprint density at radius 1 is 0.677 bits per heavy atom. The number of halogens is 2. The Hall–Kier alpha value is -2.62. The van der Waals surface area contributed by atoms with Crippen LogP contribution in [0.25, 0.3) is 0 Å². The zero-order valence-electron chi connectivity index (χ0n) is 17.0. The predicted octanol–water partition coefficient (Wildman–Crippen LogP) is 5.74. The molecule has 0 spiro atoms. The highest BCUT2D eigenvalue weighted by Crippen LogP contribution is 2.66. The fourth-order valence-corrected chi connectivity index (χ4v) is 6.74. The van der Waals surface area contributed by atoms with Crippen LogP contribution < -0.4 is 4.90 Å². The molecule has 1 fully saturated rings. The molecule has 4 aliphatic rings. The van der Waals surface area contributed by atoms with Crippen molar-refractivity contribution in [2.45, 2.75) is 24.7 Å². The van der Waals surface area contributed by atoms with E-state index in [2.05, 4.69) is 38.1 Å². The molecule has 2 amide bonds. The van der Waals surface area contributed by atoms with Crippen molar-refractivity contribution in [3.05, 3.63) is 99.0 Å². The highest BCUT2D eigenvalue weighted by molar-refractivity contribution is 6.42. The standard InChI is InChI=1S/C26H19Cl2NO2/c1-25-15-7-3-5-9-17(15)26(2,18-10-6-4-8-16(18)25)22-21(25)23(30)29(24(22)31)14-11-12-19(27)20(28)13-14/h3-13,21-22H,1-2H3/t21-,22-,25?,26?/m1/s1. The monoisotopic (exact) mass is 447 g/mol. The van der Waals surface area contributed by atoms with Gasteiger partial charge in [-0.25, -0.2) is 4.90 Å². The van der Waals surface area contributed by atoms with Gasteiger partial charge in [-0.2, -0.15) is 0 Å². The Bertz CT molecular complexity index is 1190. The van der Waals surface area contributed by atoms with E-state index in [0.29, 0.717) is 15.7 Å². The van der Waals surface area contributed by atoms with Crippen molar-refractivity contribution in [3.8, 4) is 0 Å². The molecule has 3 aromatic carbocycles. The molecule has 0 radical (unpaired) electrons. The molecule has 1 heterocycles. The lowest BCUT2D eigenvalue weighted by Gasteiger charge is -2.57. The first kappa shape index (κ1) is 19.1. The number of carbonyl (C=O) groups excluding carboxylic acids is 2. The highest BCUT2D eigenvalue weighted by atomic mass is 35.5. The van der Waals surface area contributed by atoms with Gasteiger partial charge in [0.2, 0.25) is 11.8 Å². The third-order valence-corrected chi connectivity index (χ3v) is 8.54. The van der Waals surface area contributed by atoms with Gasteiger partial charge in [-0.15, -0.1) is 0 Å². The van der Waals surface area contributed by atoms with Crippen molar-refractivity contribution in [3.63, 3.8) is 0 Å². The molecule has 1 saturated heterocycles. The van der Waals surface area contributed by atoms with Gasteiger partial charge in [0.05, 0.1) is 27.6 Å². The number of hydrogen-bond donors (Lipinski definition) is 0. The van der Waals surface area contributed by atoms with Crippen LogP contribution in [0, 0.1) is 11.8 Å². The maximum absolute atomic E-state index is 13.9. The van der Waals surface area contributed by atoms with Gasteiger partial charge >= 0.3 is 0 Å². The SMILES string of the molecule is CC12c3ccccc3C(C)(c3ccccc31)[C@H]1C(=O)N(c3ccc(Cl)c(Cl)c3)C(=O)[C@@H]12. The molecule has 2 bridgehead atoms. The average Bonchev–Trinajstić information content (AvgIpc) is 3.05. The summed E-state index contributed by atoms with van der Waals surface area (Å²) in [6.07, 6.45) is 0. The summed E-state index contributed by atoms with van der Waals surface area (Å²) in [5.74, 6) is -1.31. The van der Waals surface area contributed by atoms with E-state index in [4.69, 9.17) is 23.2 Å². The molecule has 5 heteroatoms. The normalized spacial score (nSPS) is 30.3. The van der Waals surface area contributed by atoms with E-state index >= 15 is 0 Å². The first-order valence-corrected chi connectivity index (χ1v) is 11.1. The van der Waals surface area contributed by atoms with Gasteiger partial charge in [0.25, 0.3) is 0 Å². The number of nitrogens with zero attached hydrogens (tertiary/aromatic N) is 1. The molecule has 0 aromatic heterocycles. The van der Waals surface area contributed by atoms with E-state index < -0.39 is 22.7 Å². The van der Waals surface area contributed by atoms with Crippen LogP contribution in [0.5, 0.6) is 0 Å². The number of rotatable bonds is 1. The summed E-state index contributed by atoms with van der Waals surface area (Å²) in [7, 11) is 0. The zero-order valence-corrected chi connectivity index (χ0v) is 18.5. The topological polar surface area (TPSA) is 37.4 Å². The summed E-state index contributed by atoms with van der Waals surface area (Å²) in [5, 5.41) is 0.710. The van der Waals surface area contributed by atoms with Gasteiger partial charge in [0, 0.05) is 10.8 Å². The highest BCUT2D eigenvalue weighted by Gasteiger charge is 2.70. The predicted molar refractivity (Wildman–Crippen MR) is 122 cm³/mol. The third-order valence-electron chi connectivity index (χ3n) is 7.80. The number of imide groups is 1. The summed E-state index contributed by atoms with van der Waals surface area (Å²) in [6, 6.07) is 21.4. The van der Waals surface area contributed by atoms with Gasteiger partial charge in [-0.3, -0.25) is 9.59 Å². The molecule has 3 nitrogen and oxygen atoms in total. The Balaban J connectivity index is 1.65. The van der Waals surface area contributed by atoms with Crippen LogP contribution in [-0.4, -0.2) is 11.8 Å². The largest absolute Gasteiger partial charge is 0.274 e. The Labute approximate surface area is 190 Å². The van der Waals surface area contributed by atoms with Crippen molar-refractivity contribution in [2.24, 2.45) is 11.8 Å². The van der Waals surface area contributed by atoms with E-state index in [1.54, 1.807) is 18.2 Å². The summed E-state index contributed by atoms with van der Waals surface area (Å²) < 4.78 is 0. The Morgan fingerprint density at radius 2 is 1.10 bits per heavy atom. The van der Waals surface area contributed by atoms with Crippen LogP contribution in [0.2, 0.25) is 10.0 Å². The second kappa shape index (κ2) is 5.99. The second-order valence-corrected chi connectivity index (χ2v) is 9.88. The van der Waals surface area contributed by atoms with Crippen LogP contribution in [0.4, 0.5) is 5.69 Å². The number of hydrogen-bond acceptors (Lipinski definition) is 2. The maximum Gasteiger partial charge on any atom is 0.238 e. The quantitative estimate of drug-likeness (QED) is 0.446. The smallest absolute Gasteiger partial charge is 0.238 e. The van der Waals surface area contributed by atoms with Crippen LogP contribution in [0.15, 0.2) is 66.7 Å². The van der Waals surface area contributed by atoms with Gasteiger partial charge in [0.15, 0.2) is 0 Å². The van der Waals surface area contributed by atoms with Crippen molar-refractivity contribution >= 4 is 40.7 Å². The van der Waals surface area contributed by atoms with Gasteiger partial charge < -0.3 is 0 Å². The van der Waals surface area contributed by atoms with E-state index in [9.17, 15) is 9.59 Å². The van der Waals surface area contributed by atoms with Crippen LogP contribution >= 0.6 is 23.2 Å². The molecule has 154 valence electrons. The first-order chi connectivity index (χ1) is 14.8. The minimum absolute atomic E-state index is 0.175. The molecule has 2 atom stereocenters. The fourth-order valence-electron chi connectivity index (χ4n) is 6.45. The van der Waals surface area contributed by atoms with Crippen molar-refractivity contribution in [2.75, 3.05) is 4.90 Å². The summed E-state index contributed by atoms with van der Waals surface area (Å²) >= 11 is 12.3. The molecule has 0 saturated carbocycles.